The molecule has 0 saturated carbocycles. The molecule has 1 heterocycles. The van der Waals surface area contributed by atoms with Gasteiger partial charge in [-0.1, -0.05) is 19.1 Å². The van der Waals surface area contributed by atoms with Crippen molar-refractivity contribution >= 4 is 39.1 Å². The van der Waals surface area contributed by atoms with E-state index in [1.165, 1.54) is 15.6 Å². The minimum absolute atomic E-state index is 0.812. The maximum Gasteiger partial charge on any atom is 0.100 e. The van der Waals surface area contributed by atoms with Gasteiger partial charge in [0.15, 0.2) is 0 Å². The third kappa shape index (κ3) is 1.42. The molecule has 0 aliphatic rings. The normalized spacial score (nSPS) is 10.9. The highest BCUT2D eigenvalue weighted by molar-refractivity contribution is 7.81. The van der Waals surface area contributed by atoms with E-state index < -0.39 is 0 Å². The van der Waals surface area contributed by atoms with Crippen LogP contribution >= 0.6 is 24.0 Å². The zero-order chi connectivity index (χ0) is 9.42. The molecule has 2 N–H and O–H groups in total. The van der Waals surface area contributed by atoms with Gasteiger partial charge in [-0.05, 0) is 18.1 Å². The van der Waals surface area contributed by atoms with Crippen molar-refractivity contribution in [2.24, 2.45) is 0 Å². The van der Waals surface area contributed by atoms with Gasteiger partial charge in [0.05, 0.1) is 0 Å². The highest BCUT2D eigenvalue weighted by Gasteiger charge is 2.05. The number of rotatable bonds is 1. The van der Waals surface area contributed by atoms with Gasteiger partial charge in [-0.2, -0.15) is 0 Å². The molecule has 3 heteroatoms. The van der Waals surface area contributed by atoms with Crippen LogP contribution in [0.5, 0.6) is 0 Å². The smallest absolute Gasteiger partial charge is 0.100 e. The number of aryl methyl sites for hydroxylation is 1. The summed E-state index contributed by atoms with van der Waals surface area (Å²) in [5.74, 6) is 0. The number of nitrogen functional groups attached to an aromatic ring is 1. The summed E-state index contributed by atoms with van der Waals surface area (Å²) in [6.45, 7) is 2.15. The third-order valence-electron chi connectivity index (χ3n) is 2.16. The maximum absolute atomic E-state index is 5.79. The summed E-state index contributed by atoms with van der Waals surface area (Å²) in [5, 5.41) is 1.98. The second-order valence-electron chi connectivity index (χ2n) is 3.00. The van der Waals surface area contributed by atoms with Crippen molar-refractivity contribution < 1.29 is 0 Å². The van der Waals surface area contributed by atoms with E-state index in [1.807, 2.05) is 0 Å². The van der Waals surface area contributed by atoms with Gasteiger partial charge in [0, 0.05) is 15.0 Å². The Bertz CT molecular complexity index is 445. The first-order valence-corrected chi connectivity index (χ1v) is 5.48. The van der Waals surface area contributed by atoms with E-state index >= 15 is 0 Å². The van der Waals surface area contributed by atoms with E-state index in [4.69, 9.17) is 5.73 Å². The second-order valence-corrected chi connectivity index (χ2v) is 4.53. The molecule has 0 aliphatic carbocycles. The molecule has 2 rings (SSSR count). The van der Waals surface area contributed by atoms with E-state index in [2.05, 4.69) is 37.8 Å². The molecule has 0 spiro atoms. The fourth-order valence-corrected chi connectivity index (χ4v) is 2.71. The lowest BCUT2D eigenvalue weighted by Crippen LogP contribution is -1.78. The molecule has 0 atom stereocenters. The standard InChI is InChI=1S/C10H11NS2/c1-2-6-3-4-7-8(5-6)13-10(11)9(7)12/h3-5,12H,2,11H2,1H3. The number of anilines is 1. The van der Waals surface area contributed by atoms with Crippen molar-refractivity contribution in [1.29, 1.82) is 0 Å². The van der Waals surface area contributed by atoms with Gasteiger partial charge >= 0.3 is 0 Å². The predicted molar refractivity (Wildman–Crippen MR) is 62.9 cm³/mol. The fourth-order valence-electron chi connectivity index (χ4n) is 1.37. The van der Waals surface area contributed by atoms with Gasteiger partial charge in [-0.15, -0.1) is 24.0 Å². The Kier molecular flexibility index (Phi) is 2.22. The van der Waals surface area contributed by atoms with Gasteiger partial charge in [0.2, 0.25) is 0 Å². The first kappa shape index (κ1) is 8.91. The zero-order valence-corrected chi connectivity index (χ0v) is 9.08. The molecule has 1 nitrogen and oxygen atoms in total. The Balaban J connectivity index is 2.73. The lowest BCUT2D eigenvalue weighted by molar-refractivity contribution is 1.15. The summed E-state index contributed by atoms with van der Waals surface area (Å²) in [7, 11) is 0. The van der Waals surface area contributed by atoms with E-state index in [-0.39, 0.29) is 0 Å². The topological polar surface area (TPSA) is 26.0 Å². The lowest BCUT2D eigenvalue weighted by atomic mass is 10.1. The number of benzene rings is 1. The molecule has 2 aromatic rings. The zero-order valence-electron chi connectivity index (χ0n) is 7.37. The number of thiophene rings is 1. The summed E-state index contributed by atoms with van der Waals surface area (Å²) in [4.78, 5) is 0.919. The van der Waals surface area contributed by atoms with Crippen molar-refractivity contribution in [2.75, 3.05) is 5.73 Å². The van der Waals surface area contributed by atoms with Gasteiger partial charge < -0.3 is 5.73 Å². The first-order chi connectivity index (χ1) is 6.22. The molecule has 1 aromatic heterocycles. The summed E-state index contributed by atoms with van der Waals surface area (Å²) in [6, 6.07) is 6.42. The van der Waals surface area contributed by atoms with Crippen LogP contribution in [0.4, 0.5) is 5.00 Å². The largest absolute Gasteiger partial charge is 0.390 e. The molecule has 13 heavy (non-hydrogen) atoms. The molecule has 0 fully saturated rings. The molecule has 0 bridgehead atoms. The minimum atomic E-state index is 0.812. The maximum atomic E-state index is 5.79. The van der Waals surface area contributed by atoms with Crippen molar-refractivity contribution in [3.63, 3.8) is 0 Å². The van der Waals surface area contributed by atoms with Crippen LogP contribution in [-0.2, 0) is 6.42 Å². The van der Waals surface area contributed by atoms with E-state index in [1.54, 1.807) is 11.3 Å². The quantitative estimate of drug-likeness (QED) is 0.692. The Morgan fingerprint density at radius 3 is 2.92 bits per heavy atom. The SMILES string of the molecule is CCc1ccc2c(S)c(N)sc2c1. The molecule has 68 valence electrons. The average Bonchev–Trinajstić information content (AvgIpc) is 2.42. The van der Waals surface area contributed by atoms with Gasteiger partial charge in [0.1, 0.15) is 5.00 Å². The number of nitrogens with two attached hydrogens (primary N) is 1. The molecular weight excluding hydrogens is 198 g/mol. The fraction of sp³-hybridized carbons (Fsp3) is 0.200. The van der Waals surface area contributed by atoms with Crippen LogP contribution in [0, 0.1) is 0 Å². The predicted octanol–water partition coefficient (Wildman–Crippen LogP) is 3.33. The Labute approximate surface area is 87.0 Å². The molecule has 0 saturated heterocycles. The number of hydrogen-bond acceptors (Lipinski definition) is 3. The summed E-state index contributed by atoms with van der Waals surface area (Å²) >= 11 is 5.97. The number of fused-ring (bicyclic) bond motifs is 1. The van der Waals surface area contributed by atoms with Crippen LogP contribution < -0.4 is 5.73 Å². The highest BCUT2D eigenvalue weighted by Crippen LogP contribution is 2.36. The molecule has 0 amide bonds. The van der Waals surface area contributed by atoms with Crippen LogP contribution in [0.25, 0.3) is 10.1 Å². The van der Waals surface area contributed by atoms with Crippen LogP contribution in [0.1, 0.15) is 12.5 Å². The van der Waals surface area contributed by atoms with Gasteiger partial charge in [0.25, 0.3) is 0 Å². The summed E-state index contributed by atoms with van der Waals surface area (Å²) < 4.78 is 1.24. The average molecular weight is 209 g/mol. The lowest BCUT2D eigenvalue weighted by Gasteiger charge is -1.95. The second kappa shape index (κ2) is 3.24. The van der Waals surface area contributed by atoms with E-state index in [0.717, 1.165) is 16.3 Å². The first-order valence-electron chi connectivity index (χ1n) is 4.22. The van der Waals surface area contributed by atoms with Crippen molar-refractivity contribution in [3.05, 3.63) is 23.8 Å². The minimum Gasteiger partial charge on any atom is -0.390 e. The van der Waals surface area contributed by atoms with Gasteiger partial charge in [-0.3, -0.25) is 0 Å². The van der Waals surface area contributed by atoms with Gasteiger partial charge in [-0.25, -0.2) is 0 Å². The molecule has 1 aromatic carbocycles. The number of thiol groups is 1. The summed E-state index contributed by atoms with van der Waals surface area (Å²) in [6.07, 6.45) is 1.07. The van der Waals surface area contributed by atoms with Crippen LogP contribution in [-0.4, -0.2) is 0 Å². The molecule has 0 unspecified atom stereocenters. The van der Waals surface area contributed by atoms with E-state index in [0.29, 0.717) is 0 Å². The molecule has 0 radical (unpaired) electrons. The Hall–Kier alpha value is -0.670. The molecule has 0 aliphatic heterocycles. The Morgan fingerprint density at radius 2 is 2.23 bits per heavy atom. The van der Waals surface area contributed by atoms with E-state index in [9.17, 15) is 0 Å². The van der Waals surface area contributed by atoms with Crippen LogP contribution in [0.2, 0.25) is 0 Å². The monoisotopic (exact) mass is 209 g/mol. The highest BCUT2D eigenvalue weighted by atomic mass is 32.1. The van der Waals surface area contributed by atoms with Crippen molar-refractivity contribution in [3.8, 4) is 0 Å². The third-order valence-corrected chi connectivity index (χ3v) is 3.78. The number of hydrogen-bond donors (Lipinski definition) is 2. The Morgan fingerprint density at radius 1 is 1.46 bits per heavy atom. The van der Waals surface area contributed by atoms with Crippen molar-refractivity contribution in [1.82, 2.24) is 0 Å². The summed E-state index contributed by atoms with van der Waals surface area (Å²) in [5.41, 5.74) is 7.14. The van der Waals surface area contributed by atoms with Crippen LogP contribution in [0.3, 0.4) is 0 Å². The van der Waals surface area contributed by atoms with Crippen molar-refractivity contribution in [2.45, 2.75) is 18.2 Å². The molecular formula is C10H11NS2. The van der Waals surface area contributed by atoms with Crippen LogP contribution in [0.15, 0.2) is 23.1 Å².